The predicted molar refractivity (Wildman–Crippen MR) is 63.2 cm³/mol. The summed E-state index contributed by atoms with van der Waals surface area (Å²) in [7, 11) is 0. The van der Waals surface area contributed by atoms with Gasteiger partial charge < -0.3 is 20.9 Å². The molecule has 2 rings (SSSR count). The highest BCUT2D eigenvalue weighted by molar-refractivity contribution is 5.85. The van der Waals surface area contributed by atoms with E-state index in [9.17, 15) is 0 Å². The molecular formula is C9H11ClN4O2. The van der Waals surface area contributed by atoms with Crippen LogP contribution in [0, 0.1) is 0 Å². The summed E-state index contributed by atoms with van der Waals surface area (Å²) in [5.74, 6) is 1.35. The van der Waals surface area contributed by atoms with Crippen LogP contribution in [0.15, 0.2) is 28.4 Å². The molecule has 1 aromatic rings. The summed E-state index contributed by atoms with van der Waals surface area (Å²) in [5, 5.41) is 7.17. The number of rotatable bonds is 2. The summed E-state index contributed by atoms with van der Waals surface area (Å²) in [6.45, 7) is 0.254. The van der Waals surface area contributed by atoms with E-state index < -0.39 is 0 Å². The van der Waals surface area contributed by atoms with Gasteiger partial charge in [-0.3, -0.25) is 0 Å². The van der Waals surface area contributed by atoms with E-state index in [2.05, 4.69) is 10.2 Å². The molecule has 1 aromatic carbocycles. The number of ether oxygens (including phenoxy) is 2. The highest BCUT2D eigenvalue weighted by Crippen LogP contribution is 2.31. The summed E-state index contributed by atoms with van der Waals surface area (Å²) in [5.41, 5.74) is 11.1. The molecule has 1 aliphatic rings. The Balaban J connectivity index is 0.00000128. The molecule has 1 heterocycles. The van der Waals surface area contributed by atoms with Crippen molar-refractivity contribution in [1.29, 1.82) is 0 Å². The third-order valence-electron chi connectivity index (χ3n) is 1.78. The molecular weight excluding hydrogens is 232 g/mol. The second-order valence-corrected chi connectivity index (χ2v) is 2.88. The quantitative estimate of drug-likeness (QED) is 0.447. The van der Waals surface area contributed by atoms with Gasteiger partial charge in [0.2, 0.25) is 12.8 Å². The molecule has 0 aliphatic carbocycles. The number of benzene rings is 1. The molecule has 0 unspecified atom stereocenters. The van der Waals surface area contributed by atoms with Crippen molar-refractivity contribution in [2.24, 2.45) is 21.7 Å². The first kappa shape index (κ1) is 12.1. The highest BCUT2D eigenvalue weighted by atomic mass is 35.5. The molecule has 4 N–H and O–H groups in total. The van der Waals surface area contributed by atoms with E-state index in [1.54, 1.807) is 12.1 Å². The lowest BCUT2D eigenvalue weighted by Crippen LogP contribution is -2.21. The molecule has 7 heteroatoms. The molecule has 0 bridgehead atoms. The molecule has 6 nitrogen and oxygen atoms in total. The molecule has 0 fully saturated rings. The minimum Gasteiger partial charge on any atom is -0.454 e. The van der Waals surface area contributed by atoms with Crippen molar-refractivity contribution in [1.82, 2.24) is 0 Å². The van der Waals surface area contributed by atoms with Gasteiger partial charge in [-0.2, -0.15) is 5.10 Å². The average Bonchev–Trinajstić information content (AvgIpc) is 2.64. The Morgan fingerprint density at radius 2 is 2.00 bits per heavy atom. The largest absolute Gasteiger partial charge is 0.454 e. The van der Waals surface area contributed by atoms with Crippen molar-refractivity contribution >= 4 is 24.6 Å². The Morgan fingerprint density at radius 3 is 2.75 bits per heavy atom. The maximum atomic E-state index is 5.20. The summed E-state index contributed by atoms with van der Waals surface area (Å²) < 4.78 is 10.4. The molecule has 0 saturated carbocycles. The Morgan fingerprint density at radius 1 is 1.25 bits per heavy atom. The molecule has 1 aliphatic heterocycles. The molecule has 16 heavy (non-hydrogen) atoms. The van der Waals surface area contributed by atoms with Crippen LogP contribution in [0.2, 0.25) is 0 Å². The molecule has 0 aromatic heterocycles. The van der Waals surface area contributed by atoms with Crippen LogP contribution >= 0.6 is 12.4 Å². The normalized spacial score (nSPS) is 12.2. The first-order valence-corrected chi connectivity index (χ1v) is 4.27. The van der Waals surface area contributed by atoms with Crippen molar-refractivity contribution < 1.29 is 9.47 Å². The van der Waals surface area contributed by atoms with Crippen LogP contribution in [0.3, 0.4) is 0 Å². The number of fused-ring (bicyclic) bond motifs is 1. The Bertz CT molecular complexity index is 430. The average molecular weight is 243 g/mol. The zero-order valence-electron chi connectivity index (χ0n) is 8.29. The molecule has 0 radical (unpaired) electrons. The Labute approximate surface area is 98.3 Å². The van der Waals surface area contributed by atoms with Crippen molar-refractivity contribution in [3.63, 3.8) is 0 Å². The fourth-order valence-corrected chi connectivity index (χ4v) is 1.16. The maximum Gasteiger partial charge on any atom is 0.231 e. The molecule has 0 amide bonds. The number of halogens is 1. The fourth-order valence-electron chi connectivity index (χ4n) is 1.16. The lowest BCUT2D eigenvalue weighted by atomic mass is 10.2. The minimum atomic E-state index is -0.0769. The number of nitrogens with zero attached hydrogens (tertiary/aromatic N) is 2. The lowest BCUT2D eigenvalue weighted by Gasteiger charge is -1.95. The topological polar surface area (TPSA) is 95.2 Å². The lowest BCUT2D eigenvalue weighted by molar-refractivity contribution is 0.174. The van der Waals surface area contributed by atoms with Gasteiger partial charge in [0.15, 0.2) is 11.5 Å². The fraction of sp³-hybridized carbons (Fsp3) is 0.111. The van der Waals surface area contributed by atoms with Gasteiger partial charge in [-0.05, 0) is 23.8 Å². The van der Waals surface area contributed by atoms with Gasteiger partial charge in [0.1, 0.15) is 0 Å². The van der Waals surface area contributed by atoms with Crippen LogP contribution in [-0.2, 0) is 0 Å². The summed E-state index contributed by atoms with van der Waals surface area (Å²) in [4.78, 5) is 0. The van der Waals surface area contributed by atoms with E-state index in [0.29, 0.717) is 5.75 Å². The van der Waals surface area contributed by atoms with Gasteiger partial charge in [0.05, 0.1) is 6.21 Å². The van der Waals surface area contributed by atoms with E-state index in [1.165, 1.54) is 6.21 Å². The predicted octanol–water partition coefficient (Wildman–Crippen LogP) is 0.444. The van der Waals surface area contributed by atoms with E-state index in [0.717, 1.165) is 11.3 Å². The van der Waals surface area contributed by atoms with Crippen molar-refractivity contribution in [2.75, 3.05) is 6.79 Å². The Kier molecular flexibility index (Phi) is 3.96. The van der Waals surface area contributed by atoms with E-state index in [1.807, 2.05) is 6.07 Å². The zero-order valence-corrected chi connectivity index (χ0v) is 9.11. The van der Waals surface area contributed by atoms with Crippen molar-refractivity contribution in [3.8, 4) is 11.5 Å². The van der Waals surface area contributed by atoms with Crippen LogP contribution in [0.5, 0.6) is 11.5 Å². The van der Waals surface area contributed by atoms with Gasteiger partial charge in [-0.15, -0.1) is 17.5 Å². The van der Waals surface area contributed by atoms with Crippen molar-refractivity contribution in [3.05, 3.63) is 23.8 Å². The van der Waals surface area contributed by atoms with Gasteiger partial charge in [-0.25, -0.2) is 0 Å². The van der Waals surface area contributed by atoms with Gasteiger partial charge >= 0.3 is 0 Å². The molecule has 86 valence electrons. The summed E-state index contributed by atoms with van der Waals surface area (Å²) >= 11 is 0. The van der Waals surface area contributed by atoms with E-state index in [-0.39, 0.29) is 25.2 Å². The minimum absolute atomic E-state index is 0. The third kappa shape index (κ3) is 2.77. The van der Waals surface area contributed by atoms with Gasteiger partial charge in [-0.1, -0.05) is 0 Å². The summed E-state index contributed by atoms with van der Waals surface area (Å²) in [6, 6.07) is 5.44. The second-order valence-electron chi connectivity index (χ2n) is 2.88. The highest BCUT2D eigenvalue weighted by Gasteiger charge is 2.12. The first-order chi connectivity index (χ1) is 7.25. The first-order valence-electron chi connectivity index (χ1n) is 4.27. The third-order valence-corrected chi connectivity index (χ3v) is 1.78. The van der Waals surface area contributed by atoms with Crippen LogP contribution < -0.4 is 20.9 Å². The van der Waals surface area contributed by atoms with Crippen LogP contribution in [0.1, 0.15) is 5.56 Å². The van der Waals surface area contributed by atoms with E-state index >= 15 is 0 Å². The number of hydrogen-bond donors (Lipinski definition) is 2. The van der Waals surface area contributed by atoms with Gasteiger partial charge in [0.25, 0.3) is 0 Å². The Hall–Kier alpha value is -1.95. The smallest absolute Gasteiger partial charge is 0.231 e. The standard InChI is InChI=1S/C9H10N4O2.ClH/c10-9(11)13-12-4-6-1-2-7-8(3-6)15-5-14-7;/h1-4H,5H2,(H4,10,11,13);1H/b12-4+;. The van der Waals surface area contributed by atoms with Crippen LogP contribution in [0.4, 0.5) is 0 Å². The SMILES string of the molecule is Cl.NC(N)=N/N=C/c1ccc2c(c1)OCO2. The summed E-state index contributed by atoms with van der Waals surface area (Å²) in [6.07, 6.45) is 1.53. The zero-order chi connectivity index (χ0) is 10.7. The monoisotopic (exact) mass is 242 g/mol. The van der Waals surface area contributed by atoms with Crippen LogP contribution in [0.25, 0.3) is 0 Å². The number of hydrogen-bond acceptors (Lipinski definition) is 4. The van der Waals surface area contributed by atoms with Crippen molar-refractivity contribution in [2.45, 2.75) is 0 Å². The maximum absolute atomic E-state index is 5.20. The molecule has 0 spiro atoms. The number of nitrogens with two attached hydrogens (primary N) is 2. The van der Waals surface area contributed by atoms with Crippen LogP contribution in [-0.4, -0.2) is 19.0 Å². The van der Waals surface area contributed by atoms with Gasteiger partial charge in [0, 0.05) is 0 Å². The molecule has 0 atom stereocenters. The second kappa shape index (κ2) is 5.22. The van der Waals surface area contributed by atoms with E-state index in [4.69, 9.17) is 20.9 Å². The molecule has 0 saturated heterocycles. The number of guanidine groups is 1.